The van der Waals surface area contributed by atoms with Crippen molar-refractivity contribution in [3.05, 3.63) is 57.2 Å². The Hall–Kier alpha value is -2.27. The second-order valence-corrected chi connectivity index (χ2v) is 7.81. The minimum absolute atomic E-state index is 0.0474. The lowest BCUT2D eigenvalue weighted by atomic mass is 10.1. The lowest BCUT2D eigenvalue weighted by Crippen LogP contribution is -2.28. The van der Waals surface area contributed by atoms with Crippen LogP contribution in [0.5, 0.6) is 0 Å². The van der Waals surface area contributed by atoms with E-state index in [4.69, 9.17) is 0 Å². The second-order valence-electron chi connectivity index (χ2n) is 6.80. The van der Waals surface area contributed by atoms with Crippen LogP contribution in [-0.4, -0.2) is 33.6 Å². The third kappa shape index (κ3) is 3.48. The van der Waals surface area contributed by atoms with Crippen LogP contribution in [0.3, 0.4) is 0 Å². The topological polar surface area (TPSA) is 37.6 Å². The Morgan fingerprint density at radius 3 is 2.56 bits per heavy atom. The molecule has 1 aromatic carbocycles. The Morgan fingerprint density at radius 2 is 1.89 bits per heavy atom. The molecule has 1 aliphatic rings. The van der Waals surface area contributed by atoms with Crippen LogP contribution in [0.15, 0.2) is 34.2 Å². The van der Waals surface area contributed by atoms with Gasteiger partial charge in [-0.3, -0.25) is 14.7 Å². The quantitative estimate of drug-likeness (QED) is 0.697. The van der Waals surface area contributed by atoms with Gasteiger partial charge in [0.2, 0.25) is 0 Å². The highest BCUT2D eigenvalue weighted by atomic mass is 32.2. The van der Waals surface area contributed by atoms with Gasteiger partial charge in [0.05, 0.1) is 4.91 Å². The summed E-state index contributed by atoms with van der Waals surface area (Å²) in [5.41, 5.74) is 7.14. The Balaban J connectivity index is 2.05. The maximum absolute atomic E-state index is 12.7. The van der Waals surface area contributed by atoms with Gasteiger partial charge in [0.15, 0.2) is 5.17 Å². The summed E-state index contributed by atoms with van der Waals surface area (Å²) in [5, 5.41) is 0.805. The highest BCUT2D eigenvalue weighted by Gasteiger charge is 2.32. The molecule has 0 unspecified atom stereocenters. The largest absolute Gasteiger partial charge is 0.318 e. The molecule has 2 heterocycles. The maximum Gasteiger partial charge on any atom is 0.266 e. The van der Waals surface area contributed by atoms with E-state index in [1.54, 1.807) is 4.90 Å². The fourth-order valence-electron chi connectivity index (χ4n) is 3.46. The molecular weight excluding hydrogens is 354 g/mol. The molecule has 0 radical (unpaired) electrons. The summed E-state index contributed by atoms with van der Waals surface area (Å²) < 4.78 is 2.28. The predicted octanol–water partition coefficient (Wildman–Crippen LogP) is 5.02. The Bertz CT molecular complexity index is 953. The van der Waals surface area contributed by atoms with E-state index < -0.39 is 0 Å². The van der Waals surface area contributed by atoms with Crippen LogP contribution in [0.4, 0.5) is 0 Å². The van der Waals surface area contributed by atoms with Gasteiger partial charge in [-0.1, -0.05) is 12.1 Å². The summed E-state index contributed by atoms with van der Waals surface area (Å²) in [7, 11) is 0. The van der Waals surface area contributed by atoms with Crippen molar-refractivity contribution in [2.75, 3.05) is 13.1 Å². The van der Waals surface area contributed by atoms with Crippen LogP contribution in [0, 0.1) is 27.7 Å². The third-order valence-corrected chi connectivity index (χ3v) is 6.12. The van der Waals surface area contributed by atoms with E-state index in [-0.39, 0.29) is 5.91 Å². The van der Waals surface area contributed by atoms with Crippen molar-refractivity contribution in [3.63, 3.8) is 0 Å². The van der Waals surface area contributed by atoms with Crippen molar-refractivity contribution in [3.8, 4) is 5.69 Å². The number of amides is 1. The zero-order chi connectivity index (χ0) is 19.7. The summed E-state index contributed by atoms with van der Waals surface area (Å²) in [4.78, 5) is 19.7. The van der Waals surface area contributed by atoms with Crippen molar-refractivity contribution in [1.82, 2.24) is 9.47 Å². The first-order valence-corrected chi connectivity index (χ1v) is 10.2. The van der Waals surface area contributed by atoms with Crippen molar-refractivity contribution in [2.24, 2.45) is 4.99 Å². The molecule has 27 heavy (non-hydrogen) atoms. The van der Waals surface area contributed by atoms with Crippen LogP contribution in [0.1, 0.15) is 41.9 Å². The lowest BCUT2D eigenvalue weighted by Gasteiger charge is -2.14. The number of hydrogen-bond acceptors (Lipinski definition) is 3. The molecule has 142 valence electrons. The highest BCUT2D eigenvalue weighted by Crippen LogP contribution is 2.34. The SMILES string of the molecule is CCN=C1S/C(=C/c2cc(C)n(-c3cccc(C)c3C)c2C)C(=O)N1CC. The Labute approximate surface area is 166 Å². The molecule has 1 aliphatic heterocycles. The van der Waals surface area contributed by atoms with Crippen LogP contribution in [0.2, 0.25) is 0 Å². The zero-order valence-corrected chi connectivity index (χ0v) is 17.8. The monoisotopic (exact) mass is 381 g/mol. The van der Waals surface area contributed by atoms with Gasteiger partial charge in [-0.2, -0.15) is 0 Å². The van der Waals surface area contributed by atoms with Gasteiger partial charge < -0.3 is 4.57 Å². The van der Waals surface area contributed by atoms with Crippen LogP contribution < -0.4 is 0 Å². The molecule has 3 rings (SSSR count). The summed E-state index contributed by atoms with van der Waals surface area (Å²) in [6.45, 7) is 13.8. The number of amidine groups is 1. The number of carbonyl (C=O) groups is 1. The molecule has 1 aromatic heterocycles. The van der Waals surface area contributed by atoms with Gasteiger partial charge in [-0.25, -0.2) is 0 Å². The number of thioether (sulfide) groups is 1. The van der Waals surface area contributed by atoms with E-state index >= 15 is 0 Å². The number of nitrogens with zero attached hydrogens (tertiary/aromatic N) is 3. The minimum atomic E-state index is 0.0474. The number of hydrogen-bond donors (Lipinski definition) is 0. The molecule has 2 aromatic rings. The highest BCUT2D eigenvalue weighted by molar-refractivity contribution is 8.18. The van der Waals surface area contributed by atoms with Crippen LogP contribution >= 0.6 is 11.8 Å². The molecule has 0 spiro atoms. The Morgan fingerprint density at radius 1 is 1.15 bits per heavy atom. The van der Waals surface area contributed by atoms with E-state index in [1.807, 2.05) is 19.9 Å². The number of benzene rings is 1. The first-order valence-electron chi connectivity index (χ1n) is 9.40. The summed E-state index contributed by atoms with van der Waals surface area (Å²) in [6.07, 6.45) is 2.01. The Kier molecular flexibility index (Phi) is 5.61. The van der Waals surface area contributed by atoms with Gasteiger partial charge in [0, 0.05) is 30.2 Å². The molecule has 0 bridgehead atoms. The molecule has 0 N–H and O–H groups in total. The van der Waals surface area contributed by atoms with E-state index in [1.165, 1.54) is 34.3 Å². The number of aromatic nitrogens is 1. The number of aliphatic imine (C=N–C) groups is 1. The molecule has 0 saturated carbocycles. The van der Waals surface area contributed by atoms with Crippen LogP contribution in [0.25, 0.3) is 11.8 Å². The fraction of sp³-hybridized carbons (Fsp3) is 0.364. The zero-order valence-electron chi connectivity index (χ0n) is 17.0. The average Bonchev–Trinajstić information content (AvgIpc) is 3.07. The fourth-order valence-corrected chi connectivity index (χ4v) is 4.56. The predicted molar refractivity (Wildman–Crippen MR) is 116 cm³/mol. The van der Waals surface area contributed by atoms with Gasteiger partial charge >= 0.3 is 0 Å². The maximum atomic E-state index is 12.7. The smallest absolute Gasteiger partial charge is 0.266 e. The number of rotatable bonds is 4. The molecule has 0 aliphatic carbocycles. The minimum Gasteiger partial charge on any atom is -0.318 e. The second kappa shape index (κ2) is 7.77. The summed E-state index contributed by atoms with van der Waals surface area (Å²) >= 11 is 1.47. The molecular formula is C22H27N3OS. The van der Waals surface area contributed by atoms with E-state index in [9.17, 15) is 4.79 Å². The van der Waals surface area contributed by atoms with Crippen LogP contribution in [-0.2, 0) is 4.79 Å². The summed E-state index contributed by atoms with van der Waals surface area (Å²) in [6, 6.07) is 8.54. The van der Waals surface area contributed by atoms with E-state index in [2.05, 4.69) is 61.5 Å². The molecule has 5 heteroatoms. The number of likely N-dealkylation sites (N-methyl/N-ethyl adjacent to an activating group) is 1. The first kappa shape index (κ1) is 19.5. The van der Waals surface area contributed by atoms with Crippen molar-refractivity contribution in [1.29, 1.82) is 0 Å². The van der Waals surface area contributed by atoms with Crippen molar-refractivity contribution < 1.29 is 4.79 Å². The van der Waals surface area contributed by atoms with Gasteiger partial charge in [0.25, 0.3) is 5.91 Å². The third-order valence-electron chi connectivity index (χ3n) is 5.07. The average molecular weight is 382 g/mol. The van der Waals surface area contributed by atoms with Crippen molar-refractivity contribution in [2.45, 2.75) is 41.5 Å². The lowest BCUT2D eigenvalue weighted by molar-refractivity contribution is -0.122. The molecule has 4 nitrogen and oxygen atoms in total. The molecule has 1 amide bonds. The summed E-state index contributed by atoms with van der Waals surface area (Å²) in [5.74, 6) is 0.0474. The first-order chi connectivity index (χ1) is 12.9. The molecule has 0 atom stereocenters. The van der Waals surface area contributed by atoms with Crippen molar-refractivity contribution >= 4 is 28.9 Å². The number of aryl methyl sites for hydroxylation is 2. The standard InChI is InChI=1S/C22H27N3OS/c1-7-23-22-24(8-2)21(26)20(27-22)13-18-12-15(4)25(17(18)6)19-11-9-10-14(3)16(19)5/h9-13H,7-8H2,1-6H3/b20-13+,23-22?. The number of carbonyl (C=O) groups excluding carboxylic acids is 1. The van der Waals surface area contributed by atoms with Gasteiger partial charge in [-0.05, 0) is 88.2 Å². The molecule has 1 fully saturated rings. The molecule has 1 saturated heterocycles. The van der Waals surface area contributed by atoms with E-state index in [0.29, 0.717) is 13.1 Å². The van der Waals surface area contributed by atoms with Gasteiger partial charge in [-0.15, -0.1) is 0 Å². The van der Waals surface area contributed by atoms with E-state index in [0.717, 1.165) is 21.3 Å². The van der Waals surface area contributed by atoms with Gasteiger partial charge in [0.1, 0.15) is 0 Å². The normalized spacial score (nSPS) is 17.6.